The molecule has 0 unspecified atom stereocenters. The van der Waals surface area contributed by atoms with Gasteiger partial charge in [0.25, 0.3) is 6.69 Å². The summed E-state index contributed by atoms with van der Waals surface area (Å²) in [5.74, 6) is 1.52. The van der Waals surface area contributed by atoms with Gasteiger partial charge in [0.1, 0.15) is 0 Å². The van der Waals surface area contributed by atoms with Crippen LogP contribution in [0.15, 0.2) is 12.6 Å². The Kier molecular flexibility index (Phi) is 3.17. The molecule has 2 heteroatoms. The van der Waals surface area contributed by atoms with Gasteiger partial charge in [-0.05, 0) is 0 Å². The lowest BCUT2D eigenvalue weighted by molar-refractivity contribution is 2.61. The first-order chi connectivity index (χ1) is 1.91. The van der Waals surface area contributed by atoms with Crippen molar-refractivity contribution >= 4 is 18.2 Å². The van der Waals surface area contributed by atoms with Crippen molar-refractivity contribution in [2.24, 2.45) is 0 Å². The van der Waals surface area contributed by atoms with E-state index in [2.05, 4.69) is 6.58 Å². The van der Waals surface area contributed by atoms with Crippen LogP contribution in [0.5, 0.6) is 0 Å². The van der Waals surface area contributed by atoms with E-state index in [9.17, 15) is 0 Å². The molecule has 4 heavy (non-hydrogen) atoms. The Labute approximate surface area is 31.6 Å². The molecule has 0 N–H and O–H groups in total. The second-order valence-electron chi connectivity index (χ2n) is 0.362. The highest BCUT2D eigenvalue weighted by Gasteiger charge is 1.56. The fraction of sp³-hybridized carbons (Fsp3) is 0. The molecule has 21 valence electrons. The Morgan fingerprint density at radius 2 is 2.25 bits per heavy atom. The lowest BCUT2D eigenvalue weighted by Gasteiger charge is -1.49. The van der Waals surface area contributed by atoms with Crippen LogP contribution in [0.1, 0.15) is 0 Å². The van der Waals surface area contributed by atoms with Crippen molar-refractivity contribution in [3.05, 3.63) is 12.6 Å². The standard InChI is InChI=1S/C2H3BCl/c1-2-3-4/h2H,1H2. The molecule has 0 aromatic heterocycles. The summed E-state index contributed by atoms with van der Waals surface area (Å²) < 4.78 is 0. The average molecular weight is 73.3 g/mol. The van der Waals surface area contributed by atoms with Gasteiger partial charge in [0.15, 0.2) is 0 Å². The molecule has 0 aliphatic heterocycles. The van der Waals surface area contributed by atoms with E-state index in [1.54, 1.807) is 0 Å². The topological polar surface area (TPSA) is 0 Å². The first kappa shape index (κ1) is 4.09. The van der Waals surface area contributed by atoms with Crippen molar-refractivity contribution in [1.82, 2.24) is 0 Å². The Hall–Kier alpha value is 0.0949. The van der Waals surface area contributed by atoms with E-state index in [4.69, 9.17) is 11.5 Å². The van der Waals surface area contributed by atoms with Crippen LogP contribution in [0.3, 0.4) is 0 Å². The summed E-state index contributed by atoms with van der Waals surface area (Å²) in [7, 11) is 0. The van der Waals surface area contributed by atoms with E-state index in [0.717, 1.165) is 0 Å². The summed E-state index contributed by atoms with van der Waals surface area (Å²) in [4.78, 5) is 0. The van der Waals surface area contributed by atoms with Gasteiger partial charge >= 0.3 is 0 Å². The summed E-state index contributed by atoms with van der Waals surface area (Å²) in [5.41, 5.74) is 0. The molecule has 0 aromatic carbocycles. The Morgan fingerprint density at radius 3 is 2.25 bits per heavy atom. The second-order valence-corrected chi connectivity index (χ2v) is 0.614. The molecule has 0 aliphatic carbocycles. The molecule has 0 amide bonds. The summed E-state index contributed by atoms with van der Waals surface area (Å²) in [6, 6.07) is 0. The van der Waals surface area contributed by atoms with E-state index in [1.165, 1.54) is 12.7 Å². The highest BCUT2D eigenvalue weighted by molar-refractivity contribution is 6.96. The summed E-state index contributed by atoms with van der Waals surface area (Å²) in [5, 5.41) is 0. The van der Waals surface area contributed by atoms with Crippen LogP contribution in [-0.2, 0) is 0 Å². The number of hydrogen-bond acceptors (Lipinski definition) is 0. The zero-order chi connectivity index (χ0) is 3.41. The smallest absolute Gasteiger partial charge is 0.198 e. The third-order valence-electron chi connectivity index (χ3n) is 0.0891. The SMILES string of the molecule is C=C[B]Cl. The molecular formula is C2H3BCl. The fourth-order valence-corrected chi connectivity index (χ4v) is 0. The summed E-state index contributed by atoms with van der Waals surface area (Å²) in [6.45, 7) is 4.65. The zero-order valence-electron chi connectivity index (χ0n) is 2.24. The van der Waals surface area contributed by atoms with E-state index in [0.29, 0.717) is 0 Å². The van der Waals surface area contributed by atoms with Crippen LogP contribution in [0.4, 0.5) is 0 Å². The van der Waals surface area contributed by atoms with Gasteiger partial charge in [-0.15, -0.1) is 12.6 Å². The second kappa shape index (κ2) is 3.09. The molecule has 0 rings (SSSR count). The van der Waals surface area contributed by atoms with Gasteiger partial charge in [0.2, 0.25) is 0 Å². The van der Waals surface area contributed by atoms with Crippen LogP contribution in [-0.4, -0.2) is 6.69 Å². The molecule has 0 nitrogen and oxygen atoms in total. The normalized spacial score (nSPS) is 5.25. The monoisotopic (exact) mass is 73.0 g/mol. The first-order valence-electron chi connectivity index (χ1n) is 0.960. The van der Waals surface area contributed by atoms with Gasteiger partial charge in [-0.2, -0.15) is 11.5 Å². The first-order valence-corrected chi connectivity index (χ1v) is 1.40. The fourth-order valence-electron chi connectivity index (χ4n) is 0. The predicted molar refractivity (Wildman–Crippen MR) is 21.8 cm³/mol. The third-order valence-corrected chi connectivity index (χ3v) is 0.267. The van der Waals surface area contributed by atoms with E-state index in [-0.39, 0.29) is 0 Å². The minimum atomic E-state index is 1.36. The minimum absolute atomic E-state index is 1.36. The molecule has 0 aromatic rings. The lowest BCUT2D eigenvalue weighted by Crippen LogP contribution is -1.54. The van der Waals surface area contributed by atoms with E-state index < -0.39 is 0 Å². The molecule has 0 saturated heterocycles. The Balaban J connectivity index is 2.30. The van der Waals surface area contributed by atoms with Crippen LogP contribution in [0, 0.1) is 0 Å². The van der Waals surface area contributed by atoms with Gasteiger partial charge in [0, 0.05) is 0 Å². The van der Waals surface area contributed by atoms with Crippen molar-refractivity contribution in [3.63, 3.8) is 0 Å². The predicted octanol–water partition coefficient (Wildman–Crippen LogP) is 0.988. The van der Waals surface area contributed by atoms with Crippen molar-refractivity contribution in [1.29, 1.82) is 0 Å². The van der Waals surface area contributed by atoms with Crippen LogP contribution < -0.4 is 0 Å². The van der Waals surface area contributed by atoms with Crippen LogP contribution in [0.2, 0.25) is 0 Å². The maximum Gasteiger partial charge on any atom is 0.267 e. The highest BCUT2D eigenvalue weighted by atomic mass is 35.5. The van der Waals surface area contributed by atoms with Crippen molar-refractivity contribution in [2.45, 2.75) is 0 Å². The Morgan fingerprint density at radius 1 is 2.00 bits per heavy atom. The van der Waals surface area contributed by atoms with Crippen molar-refractivity contribution < 1.29 is 0 Å². The number of halogens is 1. The molecule has 0 atom stereocenters. The quantitative estimate of drug-likeness (QED) is 0.406. The molecule has 0 saturated carbocycles. The minimum Gasteiger partial charge on any atom is -0.198 e. The maximum atomic E-state index is 4.94. The zero-order valence-corrected chi connectivity index (χ0v) is 3.00. The van der Waals surface area contributed by atoms with E-state index >= 15 is 0 Å². The Bertz CT molecular complexity index is 20.0. The number of rotatable bonds is 1. The lowest BCUT2D eigenvalue weighted by atomic mass is 10.1. The van der Waals surface area contributed by atoms with E-state index in [1.807, 2.05) is 0 Å². The summed E-state index contributed by atoms with van der Waals surface area (Å²) >= 11 is 4.94. The van der Waals surface area contributed by atoms with Crippen LogP contribution in [0.25, 0.3) is 0 Å². The van der Waals surface area contributed by atoms with Gasteiger partial charge < -0.3 is 0 Å². The summed E-state index contributed by atoms with van der Waals surface area (Å²) in [6.07, 6.45) is 0. The van der Waals surface area contributed by atoms with Gasteiger partial charge in [-0.1, -0.05) is 0 Å². The molecule has 0 bridgehead atoms. The maximum absolute atomic E-state index is 4.94. The van der Waals surface area contributed by atoms with Crippen molar-refractivity contribution in [3.8, 4) is 0 Å². The van der Waals surface area contributed by atoms with Crippen molar-refractivity contribution in [2.75, 3.05) is 0 Å². The highest BCUT2D eigenvalue weighted by Crippen LogP contribution is 1.61. The largest absolute Gasteiger partial charge is 0.267 e. The van der Waals surface area contributed by atoms with Gasteiger partial charge in [0.05, 0.1) is 0 Å². The molecule has 0 spiro atoms. The molecule has 0 aliphatic rings. The van der Waals surface area contributed by atoms with Gasteiger partial charge in [-0.25, -0.2) is 0 Å². The average Bonchev–Trinajstić information content (AvgIpc) is 1.37. The molecule has 0 fully saturated rings. The van der Waals surface area contributed by atoms with Gasteiger partial charge in [-0.3, -0.25) is 0 Å². The number of hydrogen-bond donors (Lipinski definition) is 0. The molecule has 0 heterocycles. The molecule has 1 radical (unpaired) electrons. The third kappa shape index (κ3) is 2.09. The molecular weight excluding hydrogens is 70.3 g/mol. The van der Waals surface area contributed by atoms with Crippen LogP contribution >= 0.6 is 11.5 Å².